The third-order valence-electron chi connectivity index (χ3n) is 4.14. The topological polar surface area (TPSA) is 88.9 Å². The summed E-state index contributed by atoms with van der Waals surface area (Å²) < 4.78 is 25.3. The van der Waals surface area contributed by atoms with E-state index in [0.717, 1.165) is 0 Å². The number of rotatable bonds is 4. The van der Waals surface area contributed by atoms with Crippen molar-refractivity contribution in [2.45, 2.75) is 65.0 Å². The molecule has 9 heteroatoms. The van der Waals surface area contributed by atoms with E-state index in [9.17, 15) is 9.59 Å². The van der Waals surface area contributed by atoms with Gasteiger partial charge < -0.3 is 18.6 Å². The summed E-state index contributed by atoms with van der Waals surface area (Å²) in [7, 11) is -1.77. The zero-order valence-electron chi connectivity index (χ0n) is 16.0. The van der Waals surface area contributed by atoms with Gasteiger partial charge in [-0.1, -0.05) is 0 Å². The van der Waals surface area contributed by atoms with E-state index >= 15 is 0 Å². The average molecular weight is 382 g/mol. The van der Waals surface area contributed by atoms with Crippen LogP contribution in [-0.2, 0) is 18.7 Å². The first kappa shape index (κ1) is 19.1. The highest BCUT2D eigenvalue weighted by molar-refractivity contribution is 6.69. The number of fused-ring (bicyclic) bond motifs is 3. The molecule has 3 heterocycles. The van der Waals surface area contributed by atoms with Crippen molar-refractivity contribution in [3.05, 3.63) is 22.6 Å². The maximum absolute atomic E-state index is 12.4. The Morgan fingerprint density at radius 1 is 1.35 bits per heavy atom. The number of carbonyl (C=O) groups is 1. The number of ether oxygens (including phenoxy) is 3. The van der Waals surface area contributed by atoms with E-state index < -0.39 is 43.8 Å². The van der Waals surface area contributed by atoms with Crippen LogP contribution < -0.4 is 10.3 Å². The summed E-state index contributed by atoms with van der Waals surface area (Å²) >= 11 is 0. The predicted octanol–water partition coefficient (Wildman–Crippen LogP) is 1.71. The molecule has 0 unspecified atom stereocenters. The second kappa shape index (κ2) is 6.47. The van der Waals surface area contributed by atoms with E-state index in [-0.39, 0.29) is 12.0 Å². The monoisotopic (exact) mass is 382 g/mol. The summed E-state index contributed by atoms with van der Waals surface area (Å²) in [6.45, 7) is 11.9. The normalized spacial score (nSPS) is 27.6. The van der Waals surface area contributed by atoms with E-state index in [4.69, 9.17) is 18.6 Å². The van der Waals surface area contributed by atoms with Gasteiger partial charge in [-0.2, -0.15) is 4.98 Å². The largest absolute Gasteiger partial charge is 0.455 e. The highest BCUT2D eigenvalue weighted by Crippen LogP contribution is 2.41. The van der Waals surface area contributed by atoms with Gasteiger partial charge in [0.15, 0.2) is 26.8 Å². The van der Waals surface area contributed by atoms with Crippen LogP contribution in [0.4, 0.5) is 0 Å². The van der Waals surface area contributed by atoms with Crippen LogP contribution >= 0.6 is 0 Å². The van der Waals surface area contributed by atoms with Crippen molar-refractivity contribution >= 4 is 14.3 Å². The molecule has 0 N–H and O–H groups in total. The van der Waals surface area contributed by atoms with Crippen molar-refractivity contribution in [1.82, 2.24) is 9.55 Å². The first-order valence-electron chi connectivity index (χ1n) is 8.72. The average Bonchev–Trinajstić information content (AvgIpc) is 2.99. The Morgan fingerprint density at radius 3 is 2.65 bits per heavy atom. The van der Waals surface area contributed by atoms with Gasteiger partial charge in [-0.05, 0) is 40.4 Å². The zero-order chi connectivity index (χ0) is 19.3. The summed E-state index contributed by atoms with van der Waals surface area (Å²) in [5.41, 5.74) is -1.04. The lowest BCUT2D eigenvalue weighted by molar-refractivity contribution is -0.165. The fraction of sp³-hybridized carbons (Fsp3) is 0.706. The van der Waals surface area contributed by atoms with Gasteiger partial charge in [-0.3, -0.25) is 14.2 Å². The van der Waals surface area contributed by atoms with Crippen LogP contribution in [-0.4, -0.2) is 48.8 Å². The van der Waals surface area contributed by atoms with Crippen LogP contribution in [0, 0.1) is 5.41 Å². The molecule has 26 heavy (non-hydrogen) atoms. The second-order valence-corrected chi connectivity index (χ2v) is 13.2. The van der Waals surface area contributed by atoms with Crippen molar-refractivity contribution in [2.75, 3.05) is 6.61 Å². The molecule has 1 saturated heterocycles. The molecular weight excluding hydrogens is 356 g/mol. The van der Waals surface area contributed by atoms with Crippen molar-refractivity contribution in [3.63, 3.8) is 0 Å². The number of hydrogen-bond acceptors (Lipinski definition) is 7. The Morgan fingerprint density at radius 2 is 2.04 bits per heavy atom. The van der Waals surface area contributed by atoms with E-state index in [1.54, 1.807) is 31.5 Å². The van der Waals surface area contributed by atoms with Crippen LogP contribution in [0.3, 0.4) is 0 Å². The minimum atomic E-state index is -1.77. The molecule has 1 aromatic rings. The molecule has 1 aromatic heterocycles. The van der Waals surface area contributed by atoms with Crippen LogP contribution in [0.5, 0.6) is 6.01 Å². The molecule has 0 saturated carbocycles. The molecule has 0 spiro atoms. The first-order chi connectivity index (χ1) is 12.0. The lowest BCUT2D eigenvalue weighted by Crippen LogP contribution is -2.43. The Balaban J connectivity index is 1.84. The van der Waals surface area contributed by atoms with E-state index in [2.05, 4.69) is 24.6 Å². The molecule has 2 aliphatic rings. The molecule has 0 aliphatic carbocycles. The Labute approximate surface area is 153 Å². The minimum Gasteiger partial charge on any atom is -0.455 e. The van der Waals surface area contributed by atoms with Gasteiger partial charge in [0.1, 0.15) is 6.10 Å². The lowest BCUT2D eigenvalue weighted by Gasteiger charge is -2.27. The summed E-state index contributed by atoms with van der Waals surface area (Å²) in [5.74, 6) is -0.341. The third-order valence-corrected chi connectivity index (χ3v) is 5.17. The molecule has 8 nitrogen and oxygen atoms in total. The number of nitrogens with zero attached hydrogens (tertiary/aromatic N) is 2. The fourth-order valence-electron chi connectivity index (χ4n) is 2.77. The van der Waals surface area contributed by atoms with Crippen molar-refractivity contribution in [1.29, 1.82) is 0 Å². The van der Waals surface area contributed by atoms with Gasteiger partial charge in [0.25, 0.3) is 5.56 Å². The number of carbonyl (C=O) groups excluding carboxylic acids is 1. The van der Waals surface area contributed by atoms with Gasteiger partial charge in [0.2, 0.25) is 0 Å². The van der Waals surface area contributed by atoms with Gasteiger partial charge in [-0.25, -0.2) is 0 Å². The molecule has 0 aromatic carbocycles. The van der Waals surface area contributed by atoms with Crippen molar-refractivity contribution in [2.24, 2.45) is 5.41 Å². The summed E-state index contributed by atoms with van der Waals surface area (Å²) in [6, 6.07) is 1.52. The third kappa shape index (κ3) is 3.84. The van der Waals surface area contributed by atoms with E-state index in [0.29, 0.717) is 6.61 Å². The SMILES string of the molecule is CC(C)(C)C(=O)O[C@H]1[C@@H]2Oc3nc(=O)ccn3[C@@H]2O[C@@H]1CO[Si](C)(C)C. The molecule has 0 radical (unpaired) electrons. The van der Waals surface area contributed by atoms with Crippen LogP contribution in [0.25, 0.3) is 0 Å². The smallest absolute Gasteiger partial charge is 0.311 e. The molecule has 0 bridgehead atoms. The summed E-state index contributed by atoms with van der Waals surface area (Å²) in [5, 5.41) is 0. The summed E-state index contributed by atoms with van der Waals surface area (Å²) in [6.07, 6.45) is -0.577. The maximum atomic E-state index is 12.4. The molecule has 3 rings (SSSR count). The maximum Gasteiger partial charge on any atom is 0.311 e. The lowest BCUT2D eigenvalue weighted by atomic mass is 9.97. The van der Waals surface area contributed by atoms with Gasteiger partial charge in [0, 0.05) is 12.3 Å². The molecule has 4 atom stereocenters. The Bertz CT molecular complexity index is 751. The standard InChI is InChI=1S/C17H26N2O6Si/c1-17(2,3)15(21)24-12-10(9-22-26(4,5)6)23-14-13(12)25-16-18-11(20)7-8-19(14)16/h7-8,10,12-14H,9H2,1-6H3/t10-,12-,13+,14-/m1/s1. The second-order valence-electron chi connectivity index (χ2n) is 8.65. The minimum absolute atomic E-state index is 0.175. The molecular formula is C17H26N2O6Si. The number of esters is 1. The van der Waals surface area contributed by atoms with E-state index in [1.807, 2.05) is 0 Å². The highest BCUT2D eigenvalue weighted by atomic mass is 28.4. The predicted molar refractivity (Wildman–Crippen MR) is 95.5 cm³/mol. The van der Waals surface area contributed by atoms with Crippen LogP contribution in [0.1, 0.15) is 27.0 Å². The number of aromatic nitrogens is 2. The molecule has 2 aliphatic heterocycles. The van der Waals surface area contributed by atoms with Gasteiger partial charge in [0.05, 0.1) is 12.0 Å². The zero-order valence-corrected chi connectivity index (χ0v) is 17.0. The number of hydrogen-bond donors (Lipinski definition) is 0. The van der Waals surface area contributed by atoms with Gasteiger partial charge in [-0.15, -0.1) is 0 Å². The fourth-order valence-corrected chi connectivity index (χ4v) is 3.43. The quantitative estimate of drug-likeness (QED) is 0.578. The van der Waals surface area contributed by atoms with Gasteiger partial charge >= 0.3 is 12.0 Å². The van der Waals surface area contributed by atoms with Crippen LogP contribution in [0.15, 0.2) is 17.1 Å². The Kier molecular flexibility index (Phi) is 4.74. The highest BCUT2D eigenvalue weighted by Gasteiger charge is 2.54. The molecule has 144 valence electrons. The van der Waals surface area contributed by atoms with Crippen molar-refractivity contribution in [3.8, 4) is 6.01 Å². The molecule has 1 fully saturated rings. The Hall–Kier alpha value is -1.71. The van der Waals surface area contributed by atoms with Crippen LogP contribution in [0.2, 0.25) is 19.6 Å². The molecule has 0 amide bonds. The van der Waals surface area contributed by atoms with E-state index in [1.165, 1.54) is 6.07 Å². The van der Waals surface area contributed by atoms with Crippen molar-refractivity contribution < 1.29 is 23.4 Å². The summed E-state index contributed by atoms with van der Waals surface area (Å²) in [4.78, 5) is 27.8. The first-order valence-corrected chi connectivity index (χ1v) is 12.1.